The lowest BCUT2D eigenvalue weighted by atomic mass is 9.99. The zero-order valence-electron chi connectivity index (χ0n) is 11.1. The summed E-state index contributed by atoms with van der Waals surface area (Å²) < 4.78 is 4.62. The first-order valence-corrected chi connectivity index (χ1v) is 6.21. The van der Waals surface area contributed by atoms with Crippen LogP contribution >= 0.6 is 0 Å². The van der Waals surface area contributed by atoms with E-state index in [0.29, 0.717) is 10.8 Å². The molecule has 3 rings (SSSR count). The van der Waals surface area contributed by atoms with Crippen molar-refractivity contribution < 1.29 is 24.9 Å². The number of carbonyl (C=O) groups is 1. The van der Waals surface area contributed by atoms with Gasteiger partial charge in [0.1, 0.15) is 17.2 Å². The molecule has 21 heavy (non-hydrogen) atoms. The zero-order valence-corrected chi connectivity index (χ0v) is 11.1. The van der Waals surface area contributed by atoms with Crippen molar-refractivity contribution in [3.05, 3.63) is 42.0 Å². The van der Waals surface area contributed by atoms with E-state index in [1.807, 2.05) is 0 Å². The van der Waals surface area contributed by atoms with Gasteiger partial charge in [-0.05, 0) is 35.0 Å². The molecule has 3 N–H and O–H groups in total. The third-order valence-corrected chi connectivity index (χ3v) is 3.43. The van der Waals surface area contributed by atoms with Crippen molar-refractivity contribution in [3.63, 3.8) is 0 Å². The number of aromatic hydroxyl groups is 3. The Morgan fingerprint density at radius 2 is 1.67 bits per heavy atom. The van der Waals surface area contributed by atoms with E-state index in [1.165, 1.54) is 25.3 Å². The molecule has 0 saturated carbocycles. The molecule has 0 aliphatic rings. The summed E-state index contributed by atoms with van der Waals surface area (Å²) in [6.45, 7) is 0. The van der Waals surface area contributed by atoms with Crippen LogP contribution in [0.25, 0.3) is 21.5 Å². The first-order valence-electron chi connectivity index (χ1n) is 6.21. The summed E-state index contributed by atoms with van der Waals surface area (Å²) in [7, 11) is 1.25. The van der Waals surface area contributed by atoms with E-state index in [4.69, 9.17) is 0 Å². The van der Waals surface area contributed by atoms with Crippen LogP contribution in [-0.2, 0) is 4.74 Å². The molecule has 0 amide bonds. The Morgan fingerprint density at radius 1 is 0.952 bits per heavy atom. The Hall–Kier alpha value is -2.95. The third kappa shape index (κ3) is 1.90. The third-order valence-electron chi connectivity index (χ3n) is 3.43. The molecule has 3 aromatic rings. The Kier molecular flexibility index (Phi) is 2.83. The standard InChI is InChI=1S/C16H12O5/c1-21-16(20)10-6-9-5-8-3-2-4-11(17)13(8)15(19)14(9)12(18)7-10/h2-7,17-19H,1H3. The van der Waals surface area contributed by atoms with Gasteiger partial charge in [-0.15, -0.1) is 0 Å². The van der Waals surface area contributed by atoms with Crippen molar-refractivity contribution >= 4 is 27.5 Å². The average molecular weight is 284 g/mol. The van der Waals surface area contributed by atoms with Crippen LogP contribution in [0.2, 0.25) is 0 Å². The lowest BCUT2D eigenvalue weighted by Gasteiger charge is -2.10. The largest absolute Gasteiger partial charge is 0.507 e. The van der Waals surface area contributed by atoms with Crippen LogP contribution < -0.4 is 0 Å². The number of esters is 1. The van der Waals surface area contributed by atoms with Crippen molar-refractivity contribution in [1.29, 1.82) is 0 Å². The molecule has 0 aliphatic carbocycles. The monoisotopic (exact) mass is 284 g/mol. The van der Waals surface area contributed by atoms with Gasteiger partial charge < -0.3 is 20.1 Å². The second kappa shape index (κ2) is 4.56. The molecule has 0 spiro atoms. The van der Waals surface area contributed by atoms with Crippen molar-refractivity contribution in [2.45, 2.75) is 0 Å². The van der Waals surface area contributed by atoms with Crippen LogP contribution in [0.15, 0.2) is 36.4 Å². The lowest BCUT2D eigenvalue weighted by molar-refractivity contribution is 0.0600. The van der Waals surface area contributed by atoms with Gasteiger partial charge in [-0.25, -0.2) is 4.79 Å². The molecule has 0 saturated heterocycles. The highest BCUT2D eigenvalue weighted by atomic mass is 16.5. The number of ether oxygens (including phenoxy) is 1. The Balaban J connectivity index is 2.45. The normalized spacial score (nSPS) is 10.9. The van der Waals surface area contributed by atoms with E-state index < -0.39 is 5.97 Å². The molecule has 0 bridgehead atoms. The molecule has 0 fully saturated rings. The minimum absolute atomic E-state index is 0.0802. The van der Waals surface area contributed by atoms with Crippen LogP contribution in [0.5, 0.6) is 17.2 Å². The van der Waals surface area contributed by atoms with Gasteiger partial charge in [0.2, 0.25) is 0 Å². The van der Waals surface area contributed by atoms with Crippen LogP contribution in [0.1, 0.15) is 10.4 Å². The fourth-order valence-corrected chi connectivity index (χ4v) is 2.48. The number of phenolic OH excluding ortho intramolecular Hbond substituents is 3. The molecule has 3 aromatic carbocycles. The Bertz CT molecular complexity index is 883. The number of carbonyl (C=O) groups excluding carboxylic acids is 1. The van der Waals surface area contributed by atoms with Crippen molar-refractivity contribution in [2.75, 3.05) is 7.11 Å². The predicted molar refractivity (Wildman–Crippen MR) is 77.8 cm³/mol. The maximum absolute atomic E-state index is 11.6. The summed E-state index contributed by atoms with van der Waals surface area (Å²) in [6, 6.07) is 9.23. The minimum Gasteiger partial charge on any atom is -0.507 e. The van der Waals surface area contributed by atoms with Crippen LogP contribution in [0.4, 0.5) is 0 Å². The molecule has 0 aliphatic heterocycles. The second-order valence-corrected chi connectivity index (χ2v) is 4.69. The topological polar surface area (TPSA) is 87.0 Å². The van der Waals surface area contributed by atoms with Gasteiger partial charge in [0, 0.05) is 0 Å². The van der Waals surface area contributed by atoms with Crippen LogP contribution in [0, 0.1) is 0 Å². The van der Waals surface area contributed by atoms with Gasteiger partial charge in [-0.3, -0.25) is 0 Å². The molecule has 0 radical (unpaired) electrons. The van der Waals surface area contributed by atoms with Gasteiger partial charge in [0.05, 0.1) is 23.4 Å². The second-order valence-electron chi connectivity index (χ2n) is 4.69. The van der Waals surface area contributed by atoms with E-state index in [1.54, 1.807) is 18.2 Å². The molecule has 0 heterocycles. The number of hydrogen-bond donors (Lipinski definition) is 3. The van der Waals surface area contributed by atoms with Crippen LogP contribution in [-0.4, -0.2) is 28.4 Å². The summed E-state index contributed by atoms with van der Waals surface area (Å²) in [4.78, 5) is 11.6. The summed E-state index contributed by atoms with van der Waals surface area (Å²) in [5.74, 6) is -1.14. The number of phenols is 3. The van der Waals surface area contributed by atoms with Gasteiger partial charge in [-0.1, -0.05) is 12.1 Å². The molecule has 0 aromatic heterocycles. The Morgan fingerprint density at radius 3 is 2.38 bits per heavy atom. The van der Waals surface area contributed by atoms with E-state index >= 15 is 0 Å². The predicted octanol–water partition coefficient (Wildman–Crippen LogP) is 2.90. The summed E-state index contributed by atoms with van der Waals surface area (Å²) in [5, 5.41) is 31.8. The summed E-state index contributed by atoms with van der Waals surface area (Å²) in [5.41, 5.74) is 0.182. The average Bonchev–Trinajstić information content (AvgIpc) is 2.45. The highest BCUT2D eigenvalue weighted by Gasteiger charge is 2.16. The SMILES string of the molecule is COC(=O)c1cc(O)c2c(O)c3c(O)cccc3cc2c1. The number of benzene rings is 3. The van der Waals surface area contributed by atoms with E-state index in [2.05, 4.69) is 4.74 Å². The highest BCUT2D eigenvalue weighted by Crippen LogP contribution is 2.42. The zero-order chi connectivity index (χ0) is 15.1. The number of fused-ring (bicyclic) bond motifs is 2. The fraction of sp³-hybridized carbons (Fsp3) is 0.0625. The van der Waals surface area contributed by atoms with Gasteiger partial charge >= 0.3 is 5.97 Å². The number of rotatable bonds is 1. The molecular formula is C16H12O5. The molecule has 5 heteroatoms. The first kappa shape index (κ1) is 13.1. The van der Waals surface area contributed by atoms with E-state index in [9.17, 15) is 20.1 Å². The summed E-state index contributed by atoms with van der Waals surface area (Å²) in [6.07, 6.45) is 0. The van der Waals surface area contributed by atoms with E-state index in [0.717, 1.165) is 0 Å². The first-order chi connectivity index (χ1) is 10.0. The van der Waals surface area contributed by atoms with Crippen LogP contribution in [0.3, 0.4) is 0 Å². The van der Waals surface area contributed by atoms with Crippen molar-refractivity contribution in [2.24, 2.45) is 0 Å². The quantitative estimate of drug-likeness (QED) is 0.472. The molecular weight excluding hydrogens is 272 g/mol. The highest BCUT2D eigenvalue weighted by molar-refractivity contribution is 6.11. The van der Waals surface area contributed by atoms with Gasteiger partial charge in [0.25, 0.3) is 0 Å². The van der Waals surface area contributed by atoms with Gasteiger partial charge in [0.15, 0.2) is 0 Å². The minimum atomic E-state index is -0.581. The van der Waals surface area contributed by atoms with E-state index in [-0.39, 0.29) is 33.6 Å². The smallest absolute Gasteiger partial charge is 0.338 e. The summed E-state index contributed by atoms with van der Waals surface area (Å²) >= 11 is 0. The van der Waals surface area contributed by atoms with Gasteiger partial charge in [-0.2, -0.15) is 0 Å². The Labute approximate surface area is 119 Å². The fourth-order valence-electron chi connectivity index (χ4n) is 2.48. The van der Waals surface area contributed by atoms with Crippen molar-refractivity contribution in [3.8, 4) is 17.2 Å². The number of methoxy groups -OCH3 is 1. The molecule has 0 unspecified atom stereocenters. The maximum atomic E-state index is 11.6. The van der Waals surface area contributed by atoms with Crippen molar-refractivity contribution in [1.82, 2.24) is 0 Å². The number of hydrogen-bond acceptors (Lipinski definition) is 5. The lowest BCUT2D eigenvalue weighted by Crippen LogP contribution is -2.00. The molecule has 0 atom stereocenters. The molecule has 106 valence electrons. The maximum Gasteiger partial charge on any atom is 0.338 e. The molecule has 5 nitrogen and oxygen atoms in total.